The van der Waals surface area contributed by atoms with Gasteiger partial charge in [-0.15, -0.1) is 0 Å². The van der Waals surface area contributed by atoms with Crippen molar-refractivity contribution in [2.24, 2.45) is 11.0 Å². The van der Waals surface area contributed by atoms with Crippen molar-refractivity contribution in [2.45, 2.75) is 11.8 Å². The Morgan fingerprint density at radius 3 is 2.09 bits per heavy atom. The second-order valence-corrected chi connectivity index (χ2v) is 7.61. The van der Waals surface area contributed by atoms with Gasteiger partial charge in [-0.25, -0.2) is 5.43 Å². The largest absolute Gasteiger partial charge is 0.502 e. The summed E-state index contributed by atoms with van der Waals surface area (Å²) >= 11 is 0. The number of non-ortho nitro benzene ring substituents is 1. The van der Waals surface area contributed by atoms with Crippen LogP contribution in [0.2, 0.25) is 0 Å². The Morgan fingerprint density at radius 2 is 1.58 bits per heavy atom. The summed E-state index contributed by atoms with van der Waals surface area (Å²) in [6, 6.07) is 20.9. The van der Waals surface area contributed by atoms with Gasteiger partial charge in [-0.3, -0.25) is 25.0 Å². The minimum Gasteiger partial charge on any atom is -0.502 e. The van der Waals surface area contributed by atoms with E-state index in [1.165, 1.54) is 0 Å². The van der Waals surface area contributed by atoms with Crippen LogP contribution < -0.4 is 5.43 Å². The first-order valence-corrected chi connectivity index (χ1v) is 9.94. The molecule has 1 fully saturated rings. The Bertz CT molecular complexity index is 1220. The lowest BCUT2D eigenvalue weighted by molar-refractivity contribution is -0.394. The predicted octanol–water partition coefficient (Wildman–Crippen LogP) is 3.66. The van der Waals surface area contributed by atoms with Crippen LogP contribution in [0.3, 0.4) is 0 Å². The maximum Gasteiger partial charge on any atom is 0.318 e. The third-order valence-corrected chi connectivity index (χ3v) is 5.75. The summed E-state index contributed by atoms with van der Waals surface area (Å²) in [5.41, 5.74) is 2.20. The molecule has 1 saturated carbocycles. The fourth-order valence-corrected chi connectivity index (χ4v) is 4.07. The molecule has 1 atom stereocenters. The van der Waals surface area contributed by atoms with Gasteiger partial charge >= 0.3 is 5.69 Å². The van der Waals surface area contributed by atoms with Gasteiger partial charge < -0.3 is 5.11 Å². The zero-order valence-corrected chi connectivity index (χ0v) is 17.1. The van der Waals surface area contributed by atoms with Crippen molar-refractivity contribution < 1.29 is 19.7 Å². The van der Waals surface area contributed by atoms with Crippen LogP contribution in [-0.4, -0.2) is 27.1 Å². The second-order valence-electron chi connectivity index (χ2n) is 7.61. The highest BCUT2D eigenvalue weighted by molar-refractivity contribution is 5.90. The smallest absolute Gasteiger partial charge is 0.318 e. The topological polar surface area (TPSA) is 148 Å². The van der Waals surface area contributed by atoms with Gasteiger partial charge in [0, 0.05) is 11.5 Å². The number of nitro groups is 2. The number of aromatic hydroxyl groups is 1. The van der Waals surface area contributed by atoms with E-state index in [1.807, 2.05) is 60.7 Å². The van der Waals surface area contributed by atoms with E-state index in [2.05, 4.69) is 10.5 Å². The van der Waals surface area contributed by atoms with Gasteiger partial charge in [-0.1, -0.05) is 60.7 Å². The lowest BCUT2D eigenvalue weighted by Gasteiger charge is -2.18. The standard InChI is InChI=1S/C23H18N4O6/c28-21-15(11-18(26(30)31)12-20(21)27(32)33)14-24-25-22(29)19-13-23(19,16-7-3-1-4-8-16)17-9-5-2-6-10-17/h1-12,14,19,28H,13H2,(H,25,29)/b24-14+/t19-/m1/s1. The first-order chi connectivity index (χ1) is 15.8. The number of hydrazone groups is 1. The zero-order valence-electron chi connectivity index (χ0n) is 17.1. The summed E-state index contributed by atoms with van der Waals surface area (Å²) in [7, 11) is 0. The maximum absolute atomic E-state index is 12.9. The predicted molar refractivity (Wildman–Crippen MR) is 119 cm³/mol. The molecule has 0 heterocycles. The molecule has 0 unspecified atom stereocenters. The molecule has 1 aliphatic carbocycles. The van der Waals surface area contributed by atoms with E-state index in [9.17, 15) is 30.1 Å². The molecule has 1 aliphatic rings. The summed E-state index contributed by atoms with van der Waals surface area (Å²) in [6.07, 6.45) is 1.51. The Balaban J connectivity index is 1.58. The van der Waals surface area contributed by atoms with Crippen LogP contribution in [0.15, 0.2) is 77.9 Å². The van der Waals surface area contributed by atoms with Gasteiger partial charge in [0.15, 0.2) is 0 Å². The van der Waals surface area contributed by atoms with Gasteiger partial charge in [0.05, 0.1) is 33.6 Å². The van der Waals surface area contributed by atoms with Crippen LogP contribution in [0.25, 0.3) is 0 Å². The Labute approximate surface area is 187 Å². The molecule has 0 aromatic heterocycles. The maximum atomic E-state index is 12.9. The summed E-state index contributed by atoms with van der Waals surface area (Å²) < 4.78 is 0. The number of rotatable bonds is 7. The first-order valence-electron chi connectivity index (χ1n) is 9.94. The SMILES string of the molecule is O=C(N/N=C/c1cc([N+](=O)[O-])cc([N+](=O)[O-])c1O)[C@H]1CC1(c1ccccc1)c1ccccc1. The molecule has 0 spiro atoms. The number of phenols is 1. The summed E-state index contributed by atoms with van der Waals surface area (Å²) in [4.78, 5) is 33.3. The van der Waals surface area contributed by atoms with Crippen LogP contribution in [0, 0.1) is 26.1 Å². The van der Waals surface area contributed by atoms with Gasteiger partial charge in [0.1, 0.15) is 0 Å². The van der Waals surface area contributed by atoms with Crippen molar-refractivity contribution in [3.05, 3.63) is 110 Å². The third kappa shape index (κ3) is 4.01. The molecule has 10 heteroatoms. The van der Waals surface area contributed by atoms with Gasteiger partial charge in [-0.2, -0.15) is 5.10 Å². The van der Waals surface area contributed by atoms with Gasteiger partial charge in [-0.05, 0) is 17.5 Å². The molecule has 2 N–H and O–H groups in total. The molecule has 0 radical (unpaired) electrons. The van der Waals surface area contributed by atoms with E-state index in [1.54, 1.807) is 0 Å². The van der Waals surface area contributed by atoms with Crippen molar-refractivity contribution in [1.82, 2.24) is 5.43 Å². The molecule has 10 nitrogen and oxygen atoms in total. The molecule has 33 heavy (non-hydrogen) atoms. The number of phenolic OH excluding ortho intramolecular Hbond substituents is 1. The van der Waals surface area contributed by atoms with Crippen molar-refractivity contribution in [1.29, 1.82) is 0 Å². The first kappa shape index (κ1) is 21.6. The van der Waals surface area contributed by atoms with Crippen LogP contribution in [-0.2, 0) is 10.2 Å². The monoisotopic (exact) mass is 446 g/mol. The zero-order chi connectivity index (χ0) is 23.6. The van der Waals surface area contributed by atoms with Crippen LogP contribution >= 0.6 is 0 Å². The molecule has 3 aromatic rings. The third-order valence-electron chi connectivity index (χ3n) is 5.75. The molecule has 1 amide bonds. The Kier molecular flexibility index (Phi) is 5.57. The number of amides is 1. The fraction of sp³-hybridized carbons (Fsp3) is 0.130. The highest BCUT2D eigenvalue weighted by Crippen LogP contribution is 2.58. The highest BCUT2D eigenvalue weighted by Gasteiger charge is 2.60. The van der Waals surface area contributed by atoms with Crippen LogP contribution in [0.5, 0.6) is 5.75 Å². The van der Waals surface area contributed by atoms with E-state index in [-0.39, 0.29) is 11.5 Å². The lowest BCUT2D eigenvalue weighted by atomic mass is 9.85. The van der Waals surface area contributed by atoms with E-state index < -0.39 is 38.3 Å². The number of carbonyl (C=O) groups excluding carboxylic acids is 1. The summed E-state index contributed by atoms with van der Waals surface area (Å²) in [5.74, 6) is -1.57. The number of benzene rings is 3. The fourth-order valence-electron chi connectivity index (χ4n) is 4.07. The molecule has 0 saturated heterocycles. The van der Waals surface area contributed by atoms with E-state index in [4.69, 9.17) is 0 Å². The average molecular weight is 446 g/mol. The number of nitro benzene ring substituents is 2. The Hall–Kier alpha value is -4.60. The molecular weight excluding hydrogens is 428 g/mol. The quantitative estimate of drug-likeness (QED) is 0.321. The molecular formula is C23H18N4O6. The molecule has 0 bridgehead atoms. The number of carbonyl (C=O) groups is 1. The molecule has 3 aromatic carbocycles. The average Bonchev–Trinajstić information content (AvgIpc) is 3.58. The van der Waals surface area contributed by atoms with E-state index >= 15 is 0 Å². The molecule has 166 valence electrons. The molecule has 0 aliphatic heterocycles. The van der Waals surface area contributed by atoms with E-state index in [0.29, 0.717) is 12.5 Å². The highest BCUT2D eigenvalue weighted by atomic mass is 16.6. The number of hydrogen-bond donors (Lipinski definition) is 2. The van der Waals surface area contributed by atoms with Crippen molar-refractivity contribution >= 4 is 23.5 Å². The van der Waals surface area contributed by atoms with Crippen LogP contribution in [0.1, 0.15) is 23.1 Å². The van der Waals surface area contributed by atoms with Crippen molar-refractivity contribution in [3.63, 3.8) is 0 Å². The van der Waals surface area contributed by atoms with Crippen LogP contribution in [0.4, 0.5) is 11.4 Å². The van der Waals surface area contributed by atoms with E-state index in [0.717, 1.165) is 23.4 Å². The molecule has 4 rings (SSSR count). The number of hydrogen-bond acceptors (Lipinski definition) is 7. The number of nitrogens with one attached hydrogen (secondary N) is 1. The normalized spacial score (nSPS) is 16.3. The minimum atomic E-state index is -0.934. The summed E-state index contributed by atoms with van der Waals surface area (Å²) in [6.45, 7) is 0. The summed E-state index contributed by atoms with van der Waals surface area (Å²) in [5, 5.41) is 36.0. The van der Waals surface area contributed by atoms with Gasteiger partial charge in [0.2, 0.25) is 11.7 Å². The second kappa shape index (κ2) is 8.50. The van der Waals surface area contributed by atoms with Crippen molar-refractivity contribution in [2.75, 3.05) is 0 Å². The van der Waals surface area contributed by atoms with Gasteiger partial charge in [0.25, 0.3) is 5.69 Å². The number of nitrogens with zero attached hydrogens (tertiary/aromatic N) is 3. The minimum absolute atomic E-state index is 0.260. The van der Waals surface area contributed by atoms with Crippen molar-refractivity contribution in [3.8, 4) is 5.75 Å². The Morgan fingerprint density at radius 1 is 1.00 bits per heavy atom. The lowest BCUT2D eigenvalue weighted by Crippen LogP contribution is -2.25.